The molecule has 1 aromatic heterocycles. The molecule has 6 nitrogen and oxygen atoms in total. The highest BCUT2D eigenvalue weighted by atomic mass is 32.2. The Morgan fingerprint density at radius 3 is 2.76 bits per heavy atom. The fourth-order valence-electron chi connectivity index (χ4n) is 2.33. The Hall–Kier alpha value is -1.05. The van der Waals surface area contributed by atoms with Crippen LogP contribution in [-0.2, 0) is 11.2 Å². The van der Waals surface area contributed by atoms with Gasteiger partial charge in [-0.1, -0.05) is 25.6 Å². The molecule has 7 heteroatoms. The molecule has 2 heterocycles. The van der Waals surface area contributed by atoms with E-state index in [9.17, 15) is 9.90 Å². The van der Waals surface area contributed by atoms with E-state index in [2.05, 4.69) is 9.97 Å². The normalized spacial score (nSPS) is 16.5. The molecule has 0 unspecified atom stereocenters. The van der Waals surface area contributed by atoms with Crippen LogP contribution in [0.1, 0.15) is 19.4 Å². The second-order valence-electron chi connectivity index (χ2n) is 5.73. The maximum atomic E-state index is 12.0. The Labute approximate surface area is 128 Å². The number of aromatic hydroxyl groups is 1. The predicted octanol–water partition coefficient (Wildman–Crippen LogP) is -0.319. The highest BCUT2D eigenvalue weighted by molar-refractivity contribution is 7.99. The first-order chi connectivity index (χ1) is 10.1. The summed E-state index contributed by atoms with van der Waals surface area (Å²) in [6, 6.07) is 0. The predicted molar refractivity (Wildman–Crippen MR) is 82.2 cm³/mol. The van der Waals surface area contributed by atoms with Crippen LogP contribution in [-0.4, -0.2) is 53.7 Å². The van der Waals surface area contributed by atoms with E-state index in [1.165, 1.54) is 16.7 Å². The van der Waals surface area contributed by atoms with Crippen molar-refractivity contribution in [1.82, 2.24) is 9.97 Å². The van der Waals surface area contributed by atoms with Crippen LogP contribution in [0.25, 0.3) is 0 Å². The first-order valence-electron chi connectivity index (χ1n) is 7.42. The maximum absolute atomic E-state index is 12.0. The summed E-state index contributed by atoms with van der Waals surface area (Å²) in [5.41, 5.74) is 0.158. The molecule has 0 atom stereocenters. The number of thioether (sulfide) groups is 1. The smallest absolute Gasteiger partial charge is 0.258 e. The minimum absolute atomic E-state index is 0.131. The highest BCUT2D eigenvalue weighted by Crippen LogP contribution is 2.17. The van der Waals surface area contributed by atoms with Crippen LogP contribution in [0.15, 0.2) is 9.95 Å². The van der Waals surface area contributed by atoms with Crippen molar-refractivity contribution in [2.24, 2.45) is 5.92 Å². The Kier molecular flexibility index (Phi) is 6.08. The Bertz CT molecular complexity index is 513. The van der Waals surface area contributed by atoms with Gasteiger partial charge in [-0.3, -0.25) is 4.79 Å². The molecule has 0 aliphatic carbocycles. The fraction of sp³-hybridized carbons (Fsp3) is 0.714. The molecule has 0 amide bonds. The molecule has 1 fully saturated rings. The Balaban J connectivity index is 1.90. The second-order valence-corrected chi connectivity index (χ2v) is 6.82. The Morgan fingerprint density at radius 1 is 1.43 bits per heavy atom. The standard InChI is InChI=1S/C14H23N3O3S/c1-10(2)9-11-12(18)15-14(16-13(11)19)21-8-5-17-3-6-20-7-4-17/h10H,3-9H2,1-2H3,(H2,15,16,18,19)/p+1. The number of morpholine rings is 1. The van der Waals surface area contributed by atoms with Crippen molar-refractivity contribution in [3.05, 3.63) is 15.9 Å². The maximum Gasteiger partial charge on any atom is 0.258 e. The Morgan fingerprint density at radius 2 is 2.14 bits per heavy atom. The van der Waals surface area contributed by atoms with Gasteiger partial charge in [-0.25, -0.2) is 0 Å². The third-order valence-electron chi connectivity index (χ3n) is 3.48. The lowest BCUT2D eigenvalue weighted by Crippen LogP contribution is -3.14. The number of nitrogens with one attached hydrogen (secondary N) is 2. The van der Waals surface area contributed by atoms with Crippen LogP contribution in [0.2, 0.25) is 0 Å². The fourth-order valence-corrected chi connectivity index (χ4v) is 3.23. The number of rotatable bonds is 6. The van der Waals surface area contributed by atoms with E-state index in [4.69, 9.17) is 4.74 Å². The van der Waals surface area contributed by atoms with E-state index in [0.29, 0.717) is 23.1 Å². The second kappa shape index (κ2) is 7.82. The van der Waals surface area contributed by atoms with Gasteiger partial charge < -0.3 is 19.7 Å². The topological polar surface area (TPSA) is 79.7 Å². The van der Waals surface area contributed by atoms with Crippen LogP contribution >= 0.6 is 11.8 Å². The van der Waals surface area contributed by atoms with Crippen LogP contribution in [0.5, 0.6) is 5.88 Å². The lowest BCUT2D eigenvalue weighted by atomic mass is 10.1. The number of aromatic amines is 1. The zero-order chi connectivity index (χ0) is 15.2. The van der Waals surface area contributed by atoms with Crippen molar-refractivity contribution >= 4 is 11.8 Å². The summed E-state index contributed by atoms with van der Waals surface area (Å²) in [6.45, 7) is 8.72. The summed E-state index contributed by atoms with van der Waals surface area (Å²) >= 11 is 1.48. The van der Waals surface area contributed by atoms with Crippen molar-refractivity contribution in [2.45, 2.75) is 25.4 Å². The summed E-state index contributed by atoms with van der Waals surface area (Å²) in [6.07, 6.45) is 0.539. The van der Waals surface area contributed by atoms with Gasteiger partial charge in [-0.05, 0) is 12.3 Å². The minimum Gasteiger partial charge on any atom is -0.493 e. The SMILES string of the molecule is CC(C)Cc1c(O)nc(SCC[NH+]2CCOCC2)[nH]c1=O. The third-order valence-corrected chi connectivity index (χ3v) is 4.35. The molecule has 0 bridgehead atoms. The van der Waals surface area contributed by atoms with E-state index in [1.54, 1.807) is 0 Å². The number of hydrogen-bond acceptors (Lipinski definition) is 5. The van der Waals surface area contributed by atoms with Crippen LogP contribution < -0.4 is 10.5 Å². The molecule has 1 aromatic rings. The third kappa shape index (κ3) is 5.01. The average molecular weight is 314 g/mol. The molecule has 2 rings (SSSR count). The zero-order valence-electron chi connectivity index (χ0n) is 12.6. The van der Waals surface area contributed by atoms with Crippen LogP contribution in [0.4, 0.5) is 0 Å². The van der Waals surface area contributed by atoms with Gasteiger partial charge in [0.05, 0.1) is 31.1 Å². The number of aromatic nitrogens is 2. The molecule has 0 aromatic carbocycles. The first kappa shape index (κ1) is 16.3. The summed E-state index contributed by atoms with van der Waals surface area (Å²) in [5, 5.41) is 10.4. The van der Waals surface area contributed by atoms with Crippen LogP contribution in [0.3, 0.4) is 0 Å². The van der Waals surface area contributed by atoms with Gasteiger partial charge in [-0.2, -0.15) is 4.98 Å². The lowest BCUT2D eigenvalue weighted by Gasteiger charge is -2.23. The van der Waals surface area contributed by atoms with E-state index >= 15 is 0 Å². The molecule has 0 spiro atoms. The van der Waals surface area contributed by atoms with E-state index in [1.807, 2.05) is 13.8 Å². The largest absolute Gasteiger partial charge is 0.493 e. The quantitative estimate of drug-likeness (QED) is 0.495. The van der Waals surface area contributed by atoms with Crippen molar-refractivity contribution in [2.75, 3.05) is 38.6 Å². The van der Waals surface area contributed by atoms with Crippen LogP contribution in [0, 0.1) is 5.92 Å². The molecule has 0 saturated carbocycles. The number of quaternary nitrogens is 1. The molecule has 1 aliphatic rings. The molecule has 0 radical (unpaired) electrons. The van der Waals surface area contributed by atoms with Crippen molar-refractivity contribution in [3.63, 3.8) is 0 Å². The molecular formula is C14H24N3O3S+. The minimum atomic E-state index is -0.225. The van der Waals surface area contributed by atoms with Gasteiger partial charge in [0.1, 0.15) is 13.1 Å². The molecule has 3 N–H and O–H groups in total. The van der Waals surface area contributed by atoms with Gasteiger partial charge in [0.25, 0.3) is 5.56 Å². The van der Waals surface area contributed by atoms with E-state index < -0.39 is 0 Å². The number of hydrogen-bond donors (Lipinski definition) is 3. The van der Waals surface area contributed by atoms with Gasteiger partial charge in [0.15, 0.2) is 5.16 Å². The number of ether oxygens (including phenoxy) is 1. The van der Waals surface area contributed by atoms with Gasteiger partial charge in [0.2, 0.25) is 5.88 Å². The molecule has 1 aliphatic heterocycles. The number of H-pyrrole nitrogens is 1. The lowest BCUT2D eigenvalue weighted by molar-refractivity contribution is -0.905. The summed E-state index contributed by atoms with van der Waals surface area (Å²) in [4.78, 5) is 20.3. The first-order valence-corrected chi connectivity index (χ1v) is 8.41. The van der Waals surface area contributed by atoms with E-state index in [-0.39, 0.29) is 11.4 Å². The average Bonchev–Trinajstić information content (AvgIpc) is 2.44. The van der Waals surface area contributed by atoms with Gasteiger partial charge in [-0.15, -0.1) is 0 Å². The van der Waals surface area contributed by atoms with E-state index in [0.717, 1.165) is 38.6 Å². The summed E-state index contributed by atoms with van der Waals surface area (Å²) < 4.78 is 5.32. The summed E-state index contributed by atoms with van der Waals surface area (Å²) in [5.74, 6) is 1.04. The van der Waals surface area contributed by atoms with Crippen molar-refractivity contribution in [1.29, 1.82) is 0 Å². The van der Waals surface area contributed by atoms with Crippen molar-refractivity contribution in [3.8, 4) is 5.88 Å². The van der Waals surface area contributed by atoms with Crippen molar-refractivity contribution < 1.29 is 14.7 Å². The number of nitrogens with zero attached hydrogens (tertiary/aromatic N) is 1. The summed E-state index contributed by atoms with van der Waals surface area (Å²) in [7, 11) is 0. The van der Waals surface area contributed by atoms with Gasteiger partial charge in [0, 0.05) is 0 Å². The molecule has 1 saturated heterocycles. The zero-order valence-corrected chi connectivity index (χ0v) is 13.5. The monoisotopic (exact) mass is 314 g/mol. The highest BCUT2D eigenvalue weighted by Gasteiger charge is 2.15. The molecule has 118 valence electrons. The van der Waals surface area contributed by atoms with Gasteiger partial charge >= 0.3 is 0 Å². The molecular weight excluding hydrogens is 290 g/mol. The molecule has 21 heavy (non-hydrogen) atoms.